The fourth-order valence-electron chi connectivity index (χ4n) is 2.39. The minimum absolute atomic E-state index is 0.0704. The molecule has 2 aromatic carbocycles. The Morgan fingerprint density at radius 1 is 1.12 bits per heavy atom. The van der Waals surface area contributed by atoms with Gasteiger partial charge >= 0.3 is 0 Å². The van der Waals surface area contributed by atoms with Gasteiger partial charge in [-0.3, -0.25) is 10.1 Å². The van der Waals surface area contributed by atoms with Crippen molar-refractivity contribution in [2.24, 2.45) is 0 Å². The number of rotatable bonds is 7. The van der Waals surface area contributed by atoms with Gasteiger partial charge in [-0.2, -0.15) is 0 Å². The number of nitrogens with one attached hydrogen (secondary N) is 2. The lowest BCUT2D eigenvalue weighted by Crippen LogP contribution is -2.39. The second-order valence-corrected chi connectivity index (χ2v) is 6.50. The highest BCUT2D eigenvalue weighted by atomic mass is 79.9. The van der Waals surface area contributed by atoms with Crippen molar-refractivity contribution in [3.63, 3.8) is 0 Å². The quantitative estimate of drug-likeness (QED) is 0.730. The Labute approximate surface area is 151 Å². The monoisotopic (exact) mass is 390 g/mol. The number of carbonyl (C=O) groups excluding carboxylic acids is 1. The number of benzene rings is 2. The van der Waals surface area contributed by atoms with E-state index in [-0.39, 0.29) is 18.0 Å². The topological polar surface area (TPSA) is 50.4 Å². The summed E-state index contributed by atoms with van der Waals surface area (Å²) in [7, 11) is 0. The van der Waals surface area contributed by atoms with Gasteiger partial charge in [-0.25, -0.2) is 0 Å². The molecule has 0 bridgehead atoms. The fraction of sp³-hybridized carbons (Fsp3) is 0.316. The predicted octanol–water partition coefficient (Wildman–Crippen LogP) is 4.53. The van der Waals surface area contributed by atoms with Gasteiger partial charge in [0, 0.05) is 10.5 Å². The van der Waals surface area contributed by atoms with Crippen molar-refractivity contribution < 1.29 is 9.53 Å². The first-order valence-electron chi connectivity index (χ1n) is 8.05. The maximum absolute atomic E-state index is 12.5. The molecule has 0 saturated carbocycles. The Hall–Kier alpha value is -1.85. The number of para-hydroxylation sites is 2. The zero-order chi connectivity index (χ0) is 17.5. The average Bonchev–Trinajstić information content (AvgIpc) is 2.57. The molecule has 2 aromatic rings. The molecule has 0 aromatic heterocycles. The number of carbonyl (C=O) groups is 1. The lowest BCUT2D eigenvalue weighted by Gasteiger charge is -2.20. The first-order chi connectivity index (χ1) is 11.5. The maximum Gasteiger partial charge on any atom is 0.241 e. The highest BCUT2D eigenvalue weighted by Crippen LogP contribution is 2.24. The lowest BCUT2D eigenvalue weighted by atomic mass is 10.1. The van der Waals surface area contributed by atoms with Crippen LogP contribution in [0.4, 0.5) is 5.69 Å². The third-order valence-electron chi connectivity index (χ3n) is 3.71. The summed E-state index contributed by atoms with van der Waals surface area (Å²) in [6.07, 6.45) is 0. The Morgan fingerprint density at radius 3 is 2.46 bits per heavy atom. The highest BCUT2D eigenvalue weighted by Gasteiger charge is 2.17. The van der Waals surface area contributed by atoms with Crippen molar-refractivity contribution in [2.45, 2.75) is 32.9 Å². The molecule has 0 aliphatic rings. The third-order valence-corrected chi connectivity index (χ3v) is 4.24. The summed E-state index contributed by atoms with van der Waals surface area (Å²) in [5, 5.41) is 6.25. The van der Waals surface area contributed by atoms with Crippen molar-refractivity contribution in [1.82, 2.24) is 5.32 Å². The van der Waals surface area contributed by atoms with Crippen molar-refractivity contribution in [1.29, 1.82) is 0 Å². The van der Waals surface area contributed by atoms with Crippen LogP contribution in [0.15, 0.2) is 53.0 Å². The zero-order valence-electron chi connectivity index (χ0n) is 14.2. The first-order valence-corrected chi connectivity index (χ1v) is 8.84. The van der Waals surface area contributed by atoms with Crippen LogP contribution < -0.4 is 15.4 Å². The van der Waals surface area contributed by atoms with Crippen LogP contribution in [0.5, 0.6) is 5.75 Å². The second-order valence-electron chi connectivity index (χ2n) is 5.58. The molecule has 128 valence electrons. The molecule has 0 fully saturated rings. The Bertz CT molecular complexity index is 673. The number of amides is 1. The minimum Gasteiger partial charge on any atom is -0.492 e. The molecule has 2 rings (SSSR count). The van der Waals surface area contributed by atoms with Crippen LogP contribution in [-0.4, -0.2) is 18.6 Å². The molecule has 0 spiro atoms. The standard InChI is InChI=1S/C19H23BrN2O2/c1-4-24-18-8-6-5-7-17(18)22-19(23)14(3)21-13(2)15-9-11-16(20)12-10-15/h5-14,21H,4H2,1-3H3,(H,22,23)/t13-,14-/m1/s1. The van der Waals surface area contributed by atoms with E-state index in [9.17, 15) is 4.79 Å². The SMILES string of the molecule is CCOc1ccccc1NC(=O)[C@@H](C)N[C@H](C)c1ccc(Br)cc1. The zero-order valence-corrected chi connectivity index (χ0v) is 15.8. The number of anilines is 1. The van der Waals surface area contributed by atoms with E-state index in [0.29, 0.717) is 18.0 Å². The summed E-state index contributed by atoms with van der Waals surface area (Å²) in [5.41, 5.74) is 1.82. The smallest absolute Gasteiger partial charge is 0.241 e. The number of halogens is 1. The van der Waals surface area contributed by atoms with Gasteiger partial charge in [0.25, 0.3) is 0 Å². The van der Waals surface area contributed by atoms with Crippen LogP contribution in [-0.2, 0) is 4.79 Å². The number of hydrogen-bond donors (Lipinski definition) is 2. The van der Waals surface area contributed by atoms with Gasteiger partial charge in [0.05, 0.1) is 18.3 Å². The summed E-state index contributed by atoms with van der Waals surface area (Å²) in [6, 6.07) is 15.3. The van der Waals surface area contributed by atoms with E-state index in [4.69, 9.17) is 4.74 Å². The number of hydrogen-bond acceptors (Lipinski definition) is 3. The predicted molar refractivity (Wildman–Crippen MR) is 101 cm³/mol. The summed E-state index contributed by atoms with van der Waals surface area (Å²) >= 11 is 3.43. The minimum atomic E-state index is -0.335. The second kappa shape index (κ2) is 8.85. The van der Waals surface area contributed by atoms with Gasteiger partial charge < -0.3 is 10.1 Å². The van der Waals surface area contributed by atoms with Gasteiger partial charge in [0.1, 0.15) is 5.75 Å². The van der Waals surface area contributed by atoms with Crippen LogP contribution in [0.2, 0.25) is 0 Å². The van der Waals surface area contributed by atoms with Crippen LogP contribution >= 0.6 is 15.9 Å². The van der Waals surface area contributed by atoms with Crippen molar-refractivity contribution in [3.05, 3.63) is 58.6 Å². The Kier molecular flexibility index (Phi) is 6.82. The van der Waals surface area contributed by atoms with Crippen molar-refractivity contribution in [3.8, 4) is 5.75 Å². The number of ether oxygens (including phenoxy) is 1. The van der Waals surface area contributed by atoms with E-state index < -0.39 is 0 Å². The van der Waals surface area contributed by atoms with E-state index in [1.54, 1.807) is 0 Å². The van der Waals surface area contributed by atoms with E-state index in [2.05, 4.69) is 26.6 Å². The molecule has 2 atom stereocenters. The fourth-order valence-corrected chi connectivity index (χ4v) is 2.65. The molecule has 2 N–H and O–H groups in total. The molecule has 1 amide bonds. The van der Waals surface area contributed by atoms with Gasteiger partial charge in [-0.05, 0) is 50.6 Å². The van der Waals surface area contributed by atoms with Gasteiger partial charge in [-0.15, -0.1) is 0 Å². The molecule has 5 heteroatoms. The summed E-state index contributed by atoms with van der Waals surface area (Å²) in [4.78, 5) is 12.5. The van der Waals surface area contributed by atoms with E-state index >= 15 is 0 Å². The third kappa shape index (κ3) is 5.08. The van der Waals surface area contributed by atoms with Crippen LogP contribution in [0.25, 0.3) is 0 Å². The van der Waals surface area contributed by atoms with Crippen LogP contribution in [0, 0.1) is 0 Å². The molecule has 0 heterocycles. The maximum atomic E-state index is 12.5. The van der Waals surface area contributed by atoms with E-state index in [1.165, 1.54) is 0 Å². The van der Waals surface area contributed by atoms with E-state index in [1.807, 2.05) is 69.3 Å². The van der Waals surface area contributed by atoms with E-state index in [0.717, 1.165) is 10.0 Å². The largest absolute Gasteiger partial charge is 0.492 e. The molecule has 24 heavy (non-hydrogen) atoms. The molecule has 0 aliphatic heterocycles. The molecular formula is C19H23BrN2O2. The molecular weight excluding hydrogens is 368 g/mol. The average molecular weight is 391 g/mol. The first kappa shape index (κ1) is 18.5. The molecule has 0 aliphatic carbocycles. The summed E-state index contributed by atoms with van der Waals surface area (Å²) in [5.74, 6) is 0.590. The van der Waals surface area contributed by atoms with Crippen molar-refractivity contribution in [2.75, 3.05) is 11.9 Å². The molecule has 4 nitrogen and oxygen atoms in total. The molecule has 0 unspecified atom stereocenters. The normalized spacial score (nSPS) is 13.2. The van der Waals surface area contributed by atoms with Crippen molar-refractivity contribution >= 4 is 27.5 Å². The van der Waals surface area contributed by atoms with Gasteiger partial charge in [-0.1, -0.05) is 40.2 Å². The Morgan fingerprint density at radius 2 is 1.79 bits per heavy atom. The summed E-state index contributed by atoms with van der Waals surface area (Å²) in [6.45, 7) is 6.37. The molecule has 0 radical (unpaired) electrons. The van der Waals surface area contributed by atoms with Crippen LogP contribution in [0.3, 0.4) is 0 Å². The van der Waals surface area contributed by atoms with Crippen LogP contribution in [0.1, 0.15) is 32.4 Å². The summed E-state index contributed by atoms with van der Waals surface area (Å²) < 4.78 is 6.58. The lowest BCUT2D eigenvalue weighted by molar-refractivity contribution is -0.118. The molecule has 0 saturated heterocycles. The van der Waals surface area contributed by atoms with Gasteiger partial charge in [0.2, 0.25) is 5.91 Å². The highest BCUT2D eigenvalue weighted by molar-refractivity contribution is 9.10. The van der Waals surface area contributed by atoms with Gasteiger partial charge in [0.15, 0.2) is 0 Å². The Balaban J connectivity index is 1.98.